The number of hydrogen-bond acceptors (Lipinski definition) is 3. The van der Waals surface area contributed by atoms with Crippen molar-refractivity contribution in [3.63, 3.8) is 0 Å². The summed E-state index contributed by atoms with van der Waals surface area (Å²) in [5.74, 6) is 0.314. The fraction of sp³-hybridized carbons (Fsp3) is 0.818. The van der Waals surface area contributed by atoms with Crippen LogP contribution < -0.4 is 0 Å². The number of ether oxygens (including phenoxy) is 1. The minimum Gasteiger partial charge on any atom is -0.447 e. The molecule has 0 aromatic heterocycles. The van der Waals surface area contributed by atoms with Gasteiger partial charge in [0.1, 0.15) is 6.61 Å². The molecular weight excluding hydrogens is 194 g/mol. The fourth-order valence-electron chi connectivity index (χ4n) is 1.84. The smallest absolute Gasteiger partial charge is 0.416 e. The molecule has 1 aliphatic heterocycles. The van der Waals surface area contributed by atoms with E-state index in [9.17, 15) is 9.59 Å². The number of imide groups is 1. The van der Waals surface area contributed by atoms with Crippen LogP contribution in [0.25, 0.3) is 0 Å². The predicted molar refractivity (Wildman–Crippen MR) is 56.4 cm³/mol. The Morgan fingerprint density at radius 1 is 1.53 bits per heavy atom. The van der Waals surface area contributed by atoms with E-state index in [4.69, 9.17) is 4.74 Å². The van der Waals surface area contributed by atoms with E-state index >= 15 is 0 Å². The van der Waals surface area contributed by atoms with Gasteiger partial charge in [0.05, 0.1) is 6.54 Å². The van der Waals surface area contributed by atoms with E-state index < -0.39 is 6.09 Å². The maximum atomic E-state index is 11.7. The summed E-state index contributed by atoms with van der Waals surface area (Å²) < 4.78 is 4.73. The lowest BCUT2D eigenvalue weighted by atomic mass is 9.96. The average molecular weight is 213 g/mol. The number of amides is 2. The summed E-state index contributed by atoms with van der Waals surface area (Å²) in [4.78, 5) is 24.1. The predicted octanol–water partition coefficient (Wildman–Crippen LogP) is 2.18. The lowest BCUT2D eigenvalue weighted by molar-refractivity contribution is -0.128. The minimum absolute atomic E-state index is 0.0854. The second-order valence-corrected chi connectivity index (χ2v) is 3.93. The van der Waals surface area contributed by atoms with Crippen molar-refractivity contribution in [2.24, 2.45) is 5.92 Å². The average Bonchev–Trinajstić information content (AvgIpc) is 2.63. The lowest BCUT2D eigenvalue weighted by Gasteiger charge is -2.16. The van der Waals surface area contributed by atoms with Gasteiger partial charge in [-0.15, -0.1) is 0 Å². The molecule has 0 radical (unpaired) electrons. The minimum atomic E-state index is -0.480. The Kier molecular flexibility index (Phi) is 4.59. The van der Waals surface area contributed by atoms with Crippen LogP contribution in [0.1, 0.15) is 39.5 Å². The highest BCUT2D eigenvalue weighted by Gasteiger charge is 2.29. The molecule has 1 fully saturated rings. The van der Waals surface area contributed by atoms with Crippen molar-refractivity contribution in [2.75, 3.05) is 13.2 Å². The van der Waals surface area contributed by atoms with Crippen molar-refractivity contribution in [1.82, 2.24) is 4.90 Å². The van der Waals surface area contributed by atoms with E-state index in [-0.39, 0.29) is 5.91 Å². The van der Waals surface area contributed by atoms with Gasteiger partial charge in [-0.3, -0.25) is 4.79 Å². The highest BCUT2D eigenvalue weighted by molar-refractivity contribution is 5.92. The van der Waals surface area contributed by atoms with E-state index in [1.54, 1.807) is 0 Å². The first-order chi connectivity index (χ1) is 7.19. The Labute approximate surface area is 90.6 Å². The summed E-state index contributed by atoms with van der Waals surface area (Å²) in [6, 6.07) is 0. The van der Waals surface area contributed by atoms with Gasteiger partial charge < -0.3 is 4.74 Å². The van der Waals surface area contributed by atoms with Crippen LogP contribution in [0.15, 0.2) is 0 Å². The molecule has 0 spiro atoms. The molecule has 4 heteroatoms. The van der Waals surface area contributed by atoms with E-state index in [0.29, 0.717) is 25.5 Å². The molecule has 15 heavy (non-hydrogen) atoms. The first kappa shape index (κ1) is 12.0. The van der Waals surface area contributed by atoms with Crippen LogP contribution in [0.3, 0.4) is 0 Å². The first-order valence-corrected chi connectivity index (χ1v) is 5.66. The van der Waals surface area contributed by atoms with Gasteiger partial charge in [0.15, 0.2) is 0 Å². The zero-order valence-corrected chi connectivity index (χ0v) is 9.49. The third-order valence-corrected chi connectivity index (χ3v) is 2.80. The summed E-state index contributed by atoms with van der Waals surface area (Å²) in [5, 5.41) is 0. The van der Waals surface area contributed by atoms with Crippen LogP contribution in [0.5, 0.6) is 0 Å². The summed E-state index contributed by atoms with van der Waals surface area (Å²) in [6.45, 7) is 4.95. The first-order valence-electron chi connectivity index (χ1n) is 5.66. The molecule has 2 amide bonds. The molecule has 86 valence electrons. The fourth-order valence-corrected chi connectivity index (χ4v) is 1.84. The van der Waals surface area contributed by atoms with Crippen LogP contribution >= 0.6 is 0 Å². The second-order valence-electron chi connectivity index (χ2n) is 3.93. The molecule has 0 aliphatic carbocycles. The number of carbonyl (C=O) groups is 2. The van der Waals surface area contributed by atoms with E-state index in [2.05, 4.69) is 13.8 Å². The van der Waals surface area contributed by atoms with Gasteiger partial charge in [-0.2, -0.15) is 0 Å². The van der Waals surface area contributed by atoms with Crippen LogP contribution in [0, 0.1) is 5.92 Å². The summed E-state index contributed by atoms with van der Waals surface area (Å²) in [7, 11) is 0. The van der Waals surface area contributed by atoms with Crippen LogP contribution in [0.2, 0.25) is 0 Å². The maximum Gasteiger partial charge on any atom is 0.416 e. The van der Waals surface area contributed by atoms with Gasteiger partial charge in [0, 0.05) is 6.42 Å². The molecule has 0 saturated carbocycles. The number of rotatable bonds is 5. The summed E-state index contributed by atoms with van der Waals surface area (Å²) >= 11 is 0. The van der Waals surface area contributed by atoms with Crippen LogP contribution in [0.4, 0.5) is 4.79 Å². The molecule has 1 rings (SSSR count). The Balaban J connectivity index is 2.42. The number of cyclic esters (lactones) is 1. The second kappa shape index (κ2) is 5.73. The van der Waals surface area contributed by atoms with Gasteiger partial charge in [-0.1, -0.05) is 33.1 Å². The molecule has 4 nitrogen and oxygen atoms in total. The van der Waals surface area contributed by atoms with E-state index in [1.807, 2.05) is 0 Å². The van der Waals surface area contributed by atoms with Gasteiger partial charge in [0.2, 0.25) is 5.91 Å². The number of nitrogens with zero attached hydrogens (tertiary/aromatic N) is 1. The summed E-state index contributed by atoms with van der Waals surface area (Å²) in [5.41, 5.74) is 0. The standard InChI is InChI=1S/C11H19NO3/c1-3-5-9(4-2)8-10(13)12-6-7-15-11(12)14/h9H,3-8H2,1-2H3. The lowest BCUT2D eigenvalue weighted by Crippen LogP contribution is -2.32. The number of hydrogen-bond donors (Lipinski definition) is 0. The maximum absolute atomic E-state index is 11.7. The highest BCUT2D eigenvalue weighted by atomic mass is 16.6. The molecule has 1 heterocycles. The molecular formula is C11H19NO3. The van der Waals surface area contributed by atoms with Gasteiger partial charge in [0.25, 0.3) is 0 Å². The number of carbonyl (C=O) groups excluding carboxylic acids is 2. The third-order valence-electron chi connectivity index (χ3n) is 2.80. The Hall–Kier alpha value is -1.06. The van der Waals surface area contributed by atoms with Crippen molar-refractivity contribution < 1.29 is 14.3 Å². The molecule has 1 saturated heterocycles. The zero-order valence-electron chi connectivity index (χ0n) is 9.49. The molecule has 0 aromatic rings. The van der Waals surface area contributed by atoms with E-state index in [0.717, 1.165) is 19.3 Å². The molecule has 1 aliphatic rings. The van der Waals surface area contributed by atoms with Crippen molar-refractivity contribution >= 4 is 12.0 Å². The van der Waals surface area contributed by atoms with Crippen molar-refractivity contribution in [2.45, 2.75) is 39.5 Å². The Morgan fingerprint density at radius 3 is 2.73 bits per heavy atom. The Morgan fingerprint density at radius 2 is 2.27 bits per heavy atom. The SMILES string of the molecule is CCCC(CC)CC(=O)N1CCOC1=O. The molecule has 0 N–H and O–H groups in total. The van der Waals surface area contributed by atoms with Crippen LogP contribution in [-0.2, 0) is 9.53 Å². The zero-order chi connectivity index (χ0) is 11.3. The van der Waals surface area contributed by atoms with Crippen molar-refractivity contribution in [3.8, 4) is 0 Å². The normalized spacial score (nSPS) is 17.7. The summed E-state index contributed by atoms with van der Waals surface area (Å²) in [6.07, 6.45) is 3.11. The molecule has 1 atom stereocenters. The molecule has 1 unspecified atom stereocenters. The van der Waals surface area contributed by atoms with Gasteiger partial charge >= 0.3 is 6.09 Å². The quantitative estimate of drug-likeness (QED) is 0.703. The Bertz CT molecular complexity index is 240. The van der Waals surface area contributed by atoms with Gasteiger partial charge in [-0.25, -0.2) is 9.69 Å². The molecule has 0 bridgehead atoms. The van der Waals surface area contributed by atoms with Crippen molar-refractivity contribution in [3.05, 3.63) is 0 Å². The van der Waals surface area contributed by atoms with Crippen molar-refractivity contribution in [1.29, 1.82) is 0 Å². The van der Waals surface area contributed by atoms with E-state index in [1.165, 1.54) is 4.90 Å². The topological polar surface area (TPSA) is 46.6 Å². The molecule has 0 aromatic carbocycles. The highest BCUT2D eigenvalue weighted by Crippen LogP contribution is 2.18. The van der Waals surface area contributed by atoms with Gasteiger partial charge in [-0.05, 0) is 5.92 Å². The third kappa shape index (κ3) is 3.22. The largest absolute Gasteiger partial charge is 0.447 e. The monoisotopic (exact) mass is 213 g/mol. The van der Waals surface area contributed by atoms with Crippen LogP contribution in [-0.4, -0.2) is 30.1 Å².